The molecular weight excluding hydrogens is 408 g/mol. The number of hydrogen-bond acceptors (Lipinski definition) is 3. The van der Waals surface area contributed by atoms with Gasteiger partial charge in [0.05, 0.1) is 6.10 Å². The molecule has 0 unspecified atom stereocenters. The number of ether oxygens (including phenoxy) is 2. The Bertz CT molecular complexity index is 762. The molecule has 0 amide bonds. The van der Waals surface area contributed by atoms with Crippen molar-refractivity contribution in [1.29, 1.82) is 0 Å². The summed E-state index contributed by atoms with van der Waals surface area (Å²) >= 11 is 0. The fourth-order valence-corrected chi connectivity index (χ4v) is 10.0. The van der Waals surface area contributed by atoms with Crippen LogP contribution in [-0.2, 0) is 14.3 Å². The quantitative estimate of drug-likeness (QED) is 0.307. The molecule has 3 heteroatoms. The molecule has 11 atom stereocenters. The summed E-state index contributed by atoms with van der Waals surface area (Å²) < 4.78 is 12.6. The molecule has 188 valence electrons. The Kier molecular flexibility index (Phi) is 6.03. The first-order valence-corrected chi connectivity index (χ1v) is 14.4. The van der Waals surface area contributed by atoms with Crippen molar-refractivity contribution in [2.24, 2.45) is 52.3 Å². The van der Waals surface area contributed by atoms with E-state index in [-0.39, 0.29) is 23.1 Å². The van der Waals surface area contributed by atoms with Gasteiger partial charge in [0.1, 0.15) is 11.7 Å². The van der Waals surface area contributed by atoms with Gasteiger partial charge in [-0.3, -0.25) is 4.79 Å². The van der Waals surface area contributed by atoms with Crippen molar-refractivity contribution < 1.29 is 14.3 Å². The van der Waals surface area contributed by atoms with E-state index in [1.807, 2.05) is 0 Å². The number of fused-ring (bicyclic) bond motifs is 3. The van der Waals surface area contributed by atoms with Crippen molar-refractivity contribution in [2.45, 2.75) is 130 Å². The van der Waals surface area contributed by atoms with Gasteiger partial charge in [-0.05, 0) is 98.2 Å². The molecule has 1 aliphatic heterocycles. The van der Waals surface area contributed by atoms with Gasteiger partial charge in [-0.2, -0.15) is 0 Å². The Morgan fingerprint density at radius 3 is 2.42 bits per heavy atom. The highest BCUT2D eigenvalue weighted by Gasteiger charge is 2.79. The topological polar surface area (TPSA) is 38.8 Å². The molecule has 0 aromatic rings. The minimum absolute atomic E-state index is 0.113. The van der Waals surface area contributed by atoms with Crippen LogP contribution in [-0.4, -0.2) is 23.8 Å². The summed E-state index contributed by atoms with van der Waals surface area (Å²) in [5.41, 5.74) is 0.870. The SMILES string of the molecule is CC(=O)O[C@@H]1CC[C@]2(C)[C@@H](CC[C@@H]3[C@@H]4CC[C@H]([C@H](C)CC[C@H](C)C(C)C)[C@@]4(C)C[C@H]4O[C@@]342)C1. The molecule has 5 rings (SSSR count). The van der Waals surface area contributed by atoms with Gasteiger partial charge in [0.15, 0.2) is 0 Å². The summed E-state index contributed by atoms with van der Waals surface area (Å²) in [6.45, 7) is 16.5. The first-order chi connectivity index (χ1) is 15.5. The third-order valence-corrected chi connectivity index (χ3v) is 12.3. The molecule has 0 radical (unpaired) electrons. The number of carbonyl (C=O) groups excluding carboxylic acids is 1. The van der Waals surface area contributed by atoms with Crippen LogP contribution in [0.2, 0.25) is 0 Å². The Hall–Kier alpha value is -0.570. The molecule has 1 saturated heterocycles. The summed E-state index contributed by atoms with van der Waals surface area (Å²) in [4.78, 5) is 11.6. The summed E-state index contributed by atoms with van der Waals surface area (Å²) in [6.07, 6.45) is 13.4. The predicted octanol–water partition coefficient (Wildman–Crippen LogP) is 7.42. The second-order valence-corrected chi connectivity index (χ2v) is 14.0. The van der Waals surface area contributed by atoms with Crippen molar-refractivity contribution in [3.8, 4) is 0 Å². The average Bonchev–Trinajstić information content (AvgIpc) is 3.36. The molecule has 5 fully saturated rings. The lowest BCUT2D eigenvalue weighted by molar-refractivity contribution is -0.159. The second-order valence-electron chi connectivity index (χ2n) is 14.0. The molecule has 1 heterocycles. The molecule has 5 aliphatic rings. The average molecular weight is 459 g/mol. The third kappa shape index (κ3) is 3.56. The predicted molar refractivity (Wildman–Crippen MR) is 133 cm³/mol. The monoisotopic (exact) mass is 458 g/mol. The van der Waals surface area contributed by atoms with Gasteiger partial charge in [0.25, 0.3) is 0 Å². The maximum atomic E-state index is 11.6. The van der Waals surface area contributed by atoms with Crippen LogP contribution in [0.25, 0.3) is 0 Å². The van der Waals surface area contributed by atoms with Gasteiger partial charge in [-0.25, -0.2) is 0 Å². The van der Waals surface area contributed by atoms with Crippen molar-refractivity contribution in [1.82, 2.24) is 0 Å². The zero-order chi connectivity index (χ0) is 23.8. The van der Waals surface area contributed by atoms with Crippen LogP contribution < -0.4 is 0 Å². The number of rotatable bonds is 6. The van der Waals surface area contributed by atoms with Gasteiger partial charge < -0.3 is 9.47 Å². The first-order valence-electron chi connectivity index (χ1n) is 14.4. The molecule has 0 aromatic heterocycles. The Morgan fingerprint density at radius 1 is 1.00 bits per heavy atom. The van der Waals surface area contributed by atoms with Crippen LogP contribution in [0, 0.1) is 52.3 Å². The molecule has 3 nitrogen and oxygen atoms in total. The number of epoxide rings is 1. The minimum Gasteiger partial charge on any atom is -0.463 e. The molecule has 0 bridgehead atoms. The second kappa shape index (κ2) is 8.24. The van der Waals surface area contributed by atoms with Gasteiger partial charge in [0.2, 0.25) is 0 Å². The van der Waals surface area contributed by atoms with Crippen molar-refractivity contribution in [2.75, 3.05) is 0 Å². The molecule has 4 saturated carbocycles. The third-order valence-electron chi connectivity index (χ3n) is 12.3. The van der Waals surface area contributed by atoms with Gasteiger partial charge in [-0.15, -0.1) is 0 Å². The summed E-state index contributed by atoms with van der Waals surface area (Å²) in [6, 6.07) is 0. The number of esters is 1. The maximum absolute atomic E-state index is 11.6. The van der Waals surface area contributed by atoms with Crippen molar-refractivity contribution in [3.05, 3.63) is 0 Å². The van der Waals surface area contributed by atoms with E-state index in [0.29, 0.717) is 17.4 Å². The highest BCUT2D eigenvalue weighted by Crippen LogP contribution is 2.77. The van der Waals surface area contributed by atoms with E-state index in [2.05, 4.69) is 41.5 Å². The van der Waals surface area contributed by atoms with Crippen molar-refractivity contribution in [3.63, 3.8) is 0 Å². The highest BCUT2D eigenvalue weighted by molar-refractivity contribution is 5.66. The first kappa shape index (κ1) is 24.1. The molecule has 0 aromatic carbocycles. The Balaban J connectivity index is 1.31. The zero-order valence-corrected chi connectivity index (χ0v) is 22.5. The molecule has 4 aliphatic carbocycles. The molecule has 33 heavy (non-hydrogen) atoms. The van der Waals surface area contributed by atoms with Crippen molar-refractivity contribution >= 4 is 5.97 Å². The lowest BCUT2D eigenvalue weighted by Crippen LogP contribution is -2.60. The molecular formula is C30H50O3. The lowest BCUT2D eigenvalue weighted by atomic mass is 9.44. The van der Waals surface area contributed by atoms with Crippen LogP contribution in [0.5, 0.6) is 0 Å². The van der Waals surface area contributed by atoms with Gasteiger partial charge in [0, 0.05) is 12.3 Å². The minimum atomic E-state index is -0.113. The van der Waals surface area contributed by atoms with Gasteiger partial charge in [-0.1, -0.05) is 54.4 Å². The fraction of sp³-hybridized carbons (Fsp3) is 0.967. The molecule has 1 spiro atoms. The lowest BCUT2D eigenvalue weighted by Gasteiger charge is -2.59. The van der Waals surface area contributed by atoms with Crippen LogP contribution in [0.15, 0.2) is 0 Å². The summed E-state index contributed by atoms with van der Waals surface area (Å²) in [7, 11) is 0. The van der Waals surface area contributed by atoms with E-state index in [1.54, 1.807) is 6.92 Å². The summed E-state index contributed by atoms with van der Waals surface area (Å²) in [5.74, 6) is 5.46. The van der Waals surface area contributed by atoms with Crippen LogP contribution >= 0.6 is 0 Å². The largest absolute Gasteiger partial charge is 0.463 e. The number of hydrogen-bond donors (Lipinski definition) is 0. The van der Waals surface area contributed by atoms with E-state index < -0.39 is 0 Å². The smallest absolute Gasteiger partial charge is 0.302 e. The maximum Gasteiger partial charge on any atom is 0.302 e. The fourth-order valence-electron chi connectivity index (χ4n) is 10.0. The van der Waals surface area contributed by atoms with E-state index in [9.17, 15) is 4.79 Å². The Morgan fingerprint density at radius 2 is 1.73 bits per heavy atom. The van der Waals surface area contributed by atoms with Crippen LogP contribution in [0.3, 0.4) is 0 Å². The number of carbonyl (C=O) groups is 1. The van der Waals surface area contributed by atoms with E-state index >= 15 is 0 Å². The summed E-state index contributed by atoms with van der Waals surface area (Å²) in [5, 5.41) is 0. The van der Waals surface area contributed by atoms with Crippen LogP contribution in [0.1, 0.15) is 113 Å². The molecule has 0 N–H and O–H groups in total. The normalized spacial score (nSPS) is 49.9. The van der Waals surface area contributed by atoms with E-state index in [1.165, 1.54) is 51.4 Å². The zero-order valence-electron chi connectivity index (χ0n) is 22.5. The standard InChI is InChI=1S/C30H50O3/c1-18(2)19(3)8-9-20(4)24-12-13-25-26-11-10-22-16-23(32-21(5)31)14-15-29(22,7)30(26)27(33-30)17-28(24,25)6/h18-20,22-27H,8-17H2,1-7H3/t19-,20+,22-,23+,24+,25-,26+,27+,28+,29+,30-/m0/s1. The van der Waals surface area contributed by atoms with E-state index in [4.69, 9.17) is 9.47 Å². The van der Waals surface area contributed by atoms with Gasteiger partial charge >= 0.3 is 5.97 Å². The highest BCUT2D eigenvalue weighted by atomic mass is 16.6. The Labute approximate surface area is 203 Å². The van der Waals surface area contributed by atoms with E-state index in [0.717, 1.165) is 48.3 Å². The van der Waals surface area contributed by atoms with Crippen LogP contribution in [0.4, 0.5) is 0 Å².